The van der Waals surface area contributed by atoms with E-state index in [0.717, 1.165) is 6.42 Å². The zero-order valence-electron chi connectivity index (χ0n) is 10.9. The quantitative estimate of drug-likeness (QED) is 0.800. The molecule has 0 saturated carbocycles. The Balaban J connectivity index is 2.08. The molecule has 3 nitrogen and oxygen atoms in total. The van der Waals surface area contributed by atoms with E-state index in [1.54, 1.807) is 0 Å². The summed E-state index contributed by atoms with van der Waals surface area (Å²) >= 11 is 0. The van der Waals surface area contributed by atoms with E-state index >= 15 is 0 Å². The van der Waals surface area contributed by atoms with Crippen LogP contribution in [0.1, 0.15) is 29.5 Å². The van der Waals surface area contributed by atoms with Crippen molar-refractivity contribution >= 4 is 5.91 Å². The Kier molecular flexibility index (Phi) is 3.66. The molecule has 3 heteroatoms. The second-order valence-electron chi connectivity index (χ2n) is 5.06. The van der Waals surface area contributed by atoms with Gasteiger partial charge in [-0.1, -0.05) is 23.8 Å². The maximum absolute atomic E-state index is 11.9. The number of amides is 1. The molecule has 0 radical (unpaired) electrons. The summed E-state index contributed by atoms with van der Waals surface area (Å²) in [5.41, 5.74) is 3.64. The van der Waals surface area contributed by atoms with E-state index in [2.05, 4.69) is 38.1 Å². The van der Waals surface area contributed by atoms with Gasteiger partial charge in [-0.25, -0.2) is 0 Å². The van der Waals surface area contributed by atoms with Crippen molar-refractivity contribution in [1.82, 2.24) is 4.90 Å². The highest BCUT2D eigenvalue weighted by molar-refractivity contribution is 5.77. The van der Waals surface area contributed by atoms with Crippen LogP contribution in [0.25, 0.3) is 0 Å². The van der Waals surface area contributed by atoms with E-state index in [0.29, 0.717) is 19.5 Å². The first-order chi connectivity index (χ1) is 8.60. The molecular weight excluding hydrogens is 224 g/mol. The highest BCUT2D eigenvalue weighted by atomic mass is 16.2. The van der Waals surface area contributed by atoms with E-state index in [4.69, 9.17) is 5.26 Å². The molecule has 0 bridgehead atoms. The van der Waals surface area contributed by atoms with Crippen LogP contribution in [-0.4, -0.2) is 17.4 Å². The van der Waals surface area contributed by atoms with Crippen molar-refractivity contribution in [2.24, 2.45) is 5.92 Å². The van der Waals surface area contributed by atoms with Gasteiger partial charge in [-0.3, -0.25) is 4.79 Å². The molecule has 0 N–H and O–H groups in total. The Bertz CT molecular complexity index is 502. The van der Waals surface area contributed by atoms with Crippen LogP contribution in [0.2, 0.25) is 0 Å². The average Bonchev–Trinajstić information content (AvgIpc) is 2.36. The molecule has 1 heterocycles. The number of carbonyl (C=O) groups is 1. The van der Waals surface area contributed by atoms with Crippen LogP contribution >= 0.6 is 0 Å². The standard InChI is InChI=1S/C15H18N2O/c1-11-3-4-12(2)14(7-11)10-17-6-5-13(9-16)8-15(17)18/h3-4,7,13H,5-6,8,10H2,1-2H3. The molecule has 1 aliphatic heterocycles. The average molecular weight is 242 g/mol. The van der Waals surface area contributed by atoms with Gasteiger partial charge in [0.2, 0.25) is 5.91 Å². The van der Waals surface area contributed by atoms with Crippen LogP contribution in [0, 0.1) is 31.1 Å². The van der Waals surface area contributed by atoms with Crippen LogP contribution in [-0.2, 0) is 11.3 Å². The molecule has 1 saturated heterocycles. The highest BCUT2D eigenvalue weighted by Gasteiger charge is 2.25. The van der Waals surface area contributed by atoms with E-state index in [9.17, 15) is 4.79 Å². The lowest BCUT2D eigenvalue weighted by molar-refractivity contribution is -0.134. The Morgan fingerprint density at radius 1 is 1.44 bits per heavy atom. The molecule has 1 aromatic carbocycles. The summed E-state index contributed by atoms with van der Waals surface area (Å²) in [5.74, 6) is 0.0149. The normalized spacial score (nSPS) is 19.7. The van der Waals surface area contributed by atoms with E-state index in [1.807, 2.05) is 4.90 Å². The van der Waals surface area contributed by atoms with Crippen LogP contribution in [0.15, 0.2) is 18.2 Å². The number of rotatable bonds is 2. The minimum Gasteiger partial charge on any atom is -0.338 e. The lowest BCUT2D eigenvalue weighted by Gasteiger charge is -2.29. The number of piperidine rings is 1. The van der Waals surface area contributed by atoms with Crippen LogP contribution in [0.3, 0.4) is 0 Å². The third-order valence-electron chi connectivity index (χ3n) is 3.57. The van der Waals surface area contributed by atoms with Crippen molar-refractivity contribution in [3.05, 3.63) is 34.9 Å². The second-order valence-corrected chi connectivity index (χ2v) is 5.06. The van der Waals surface area contributed by atoms with Crippen molar-refractivity contribution in [1.29, 1.82) is 5.26 Å². The van der Waals surface area contributed by atoms with Crippen molar-refractivity contribution < 1.29 is 4.79 Å². The number of nitrogens with zero attached hydrogens (tertiary/aromatic N) is 2. The smallest absolute Gasteiger partial charge is 0.224 e. The van der Waals surface area contributed by atoms with Crippen molar-refractivity contribution in [3.8, 4) is 6.07 Å². The third-order valence-corrected chi connectivity index (χ3v) is 3.57. The Morgan fingerprint density at radius 2 is 2.22 bits per heavy atom. The monoisotopic (exact) mass is 242 g/mol. The molecule has 1 aromatic rings. The highest BCUT2D eigenvalue weighted by Crippen LogP contribution is 2.21. The zero-order chi connectivity index (χ0) is 13.1. The van der Waals surface area contributed by atoms with Crippen molar-refractivity contribution in [3.63, 3.8) is 0 Å². The molecule has 1 amide bonds. The lowest BCUT2D eigenvalue weighted by atomic mass is 9.97. The van der Waals surface area contributed by atoms with Gasteiger partial charge in [0.15, 0.2) is 0 Å². The minimum absolute atomic E-state index is 0.0904. The molecule has 1 fully saturated rings. The molecule has 2 rings (SSSR count). The van der Waals surface area contributed by atoms with E-state index in [1.165, 1.54) is 16.7 Å². The summed E-state index contributed by atoms with van der Waals surface area (Å²) in [6, 6.07) is 8.51. The van der Waals surface area contributed by atoms with Crippen molar-refractivity contribution in [2.75, 3.05) is 6.54 Å². The topological polar surface area (TPSA) is 44.1 Å². The number of nitriles is 1. The summed E-state index contributed by atoms with van der Waals surface area (Å²) < 4.78 is 0. The fourth-order valence-corrected chi connectivity index (χ4v) is 2.33. The summed E-state index contributed by atoms with van der Waals surface area (Å²) in [7, 11) is 0. The Morgan fingerprint density at radius 3 is 2.89 bits per heavy atom. The summed E-state index contributed by atoms with van der Waals surface area (Å²) in [6.45, 7) is 5.50. The molecule has 1 atom stereocenters. The first-order valence-corrected chi connectivity index (χ1v) is 6.33. The fraction of sp³-hybridized carbons (Fsp3) is 0.467. The van der Waals surface area contributed by atoms with Gasteiger partial charge < -0.3 is 4.90 Å². The molecule has 18 heavy (non-hydrogen) atoms. The van der Waals surface area contributed by atoms with Crippen molar-refractivity contribution in [2.45, 2.75) is 33.2 Å². The molecule has 94 valence electrons. The second kappa shape index (κ2) is 5.22. The molecular formula is C15H18N2O. The number of benzene rings is 1. The fourth-order valence-electron chi connectivity index (χ4n) is 2.33. The summed E-state index contributed by atoms with van der Waals surface area (Å²) in [5, 5.41) is 8.84. The summed E-state index contributed by atoms with van der Waals surface area (Å²) in [4.78, 5) is 13.8. The van der Waals surface area contributed by atoms with Gasteiger partial charge in [0.25, 0.3) is 0 Å². The molecule has 0 spiro atoms. The van der Waals surface area contributed by atoms with Gasteiger partial charge in [-0.15, -0.1) is 0 Å². The Hall–Kier alpha value is -1.82. The molecule has 1 aliphatic rings. The minimum atomic E-state index is -0.0904. The molecule has 1 unspecified atom stereocenters. The summed E-state index contributed by atoms with van der Waals surface area (Å²) in [6.07, 6.45) is 1.18. The van der Waals surface area contributed by atoms with Crippen LogP contribution in [0.4, 0.5) is 0 Å². The van der Waals surface area contributed by atoms with Gasteiger partial charge in [-0.05, 0) is 31.4 Å². The number of carbonyl (C=O) groups excluding carboxylic acids is 1. The number of hydrogen-bond acceptors (Lipinski definition) is 2. The number of likely N-dealkylation sites (tertiary alicyclic amines) is 1. The number of hydrogen-bond donors (Lipinski definition) is 0. The molecule has 0 aliphatic carbocycles. The van der Waals surface area contributed by atoms with Crippen LogP contribution < -0.4 is 0 Å². The maximum Gasteiger partial charge on any atom is 0.224 e. The predicted octanol–water partition coefficient (Wildman–Crippen LogP) is 2.57. The lowest BCUT2D eigenvalue weighted by Crippen LogP contribution is -2.38. The number of aryl methyl sites for hydroxylation is 2. The van der Waals surface area contributed by atoms with E-state index < -0.39 is 0 Å². The molecule has 0 aromatic heterocycles. The largest absolute Gasteiger partial charge is 0.338 e. The van der Waals surface area contributed by atoms with E-state index in [-0.39, 0.29) is 11.8 Å². The SMILES string of the molecule is Cc1ccc(C)c(CN2CCC(C#N)CC2=O)c1. The van der Waals surface area contributed by atoms with Gasteiger partial charge >= 0.3 is 0 Å². The van der Waals surface area contributed by atoms with Gasteiger partial charge in [0.1, 0.15) is 0 Å². The predicted molar refractivity (Wildman–Crippen MR) is 69.7 cm³/mol. The van der Waals surface area contributed by atoms with Gasteiger partial charge in [0, 0.05) is 19.5 Å². The zero-order valence-corrected chi connectivity index (χ0v) is 10.9. The Labute approximate surface area is 108 Å². The van der Waals surface area contributed by atoms with Gasteiger partial charge in [0.05, 0.1) is 12.0 Å². The first kappa shape index (κ1) is 12.6. The first-order valence-electron chi connectivity index (χ1n) is 6.33. The third kappa shape index (κ3) is 2.70. The van der Waals surface area contributed by atoms with Crippen LogP contribution in [0.5, 0.6) is 0 Å². The maximum atomic E-state index is 11.9. The van der Waals surface area contributed by atoms with Gasteiger partial charge in [-0.2, -0.15) is 5.26 Å².